The van der Waals surface area contributed by atoms with Crippen molar-refractivity contribution in [3.63, 3.8) is 0 Å². The maximum atomic E-state index is 11.6. The summed E-state index contributed by atoms with van der Waals surface area (Å²) in [4.78, 5) is 11.6. The van der Waals surface area contributed by atoms with Gasteiger partial charge in [0.25, 0.3) is 0 Å². The second-order valence-corrected chi connectivity index (χ2v) is 4.32. The van der Waals surface area contributed by atoms with E-state index in [9.17, 15) is 4.79 Å². The van der Waals surface area contributed by atoms with Crippen molar-refractivity contribution in [2.24, 2.45) is 23.7 Å². The monoisotopic (exact) mass is 221 g/mol. The van der Waals surface area contributed by atoms with Gasteiger partial charge in [0.05, 0.1) is 12.7 Å². The molecule has 1 aliphatic rings. The van der Waals surface area contributed by atoms with E-state index in [1.165, 1.54) is 0 Å². The van der Waals surface area contributed by atoms with Crippen molar-refractivity contribution in [3.05, 3.63) is 13.3 Å². The van der Waals surface area contributed by atoms with Gasteiger partial charge in [-0.1, -0.05) is 20.3 Å². The lowest BCUT2D eigenvalue weighted by atomic mass is 9.82. The molecule has 16 heavy (non-hydrogen) atoms. The van der Waals surface area contributed by atoms with Crippen molar-refractivity contribution in [2.45, 2.75) is 26.7 Å². The second-order valence-electron chi connectivity index (χ2n) is 4.32. The van der Waals surface area contributed by atoms with Crippen LogP contribution in [0.15, 0.2) is 0 Å². The van der Waals surface area contributed by atoms with Crippen LogP contribution in [0.5, 0.6) is 0 Å². The lowest BCUT2D eigenvalue weighted by Crippen LogP contribution is -2.27. The molecule has 0 bridgehead atoms. The largest absolute Gasteiger partial charge is 0.465 e. The van der Waals surface area contributed by atoms with Gasteiger partial charge in [-0.05, 0) is 37.5 Å². The minimum atomic E-state index is -0.647. The van der Waals surface area contributed by atoms with E-state index in [1.807, 2.05) is 0 Å². The van der Waals surface area contributed by atoms with Gasteiger partial charge in [0, 0.05) is 0 Å². The topological polar surface area (TPSA) is 50.1 Å². The molecule has 1 rings (SSSR count). The Kier molecular flexibility index (Phi) is 4.79. The Morgan fingerprint density at radius 3 is 2.88 bits per heavy atom. The summed E-state index contributed by atoms with van der Waals surface area (Å²) in [5.41, 5.74) is 0. The fourth-order valence-corrected chi connectivity index (χ4v) is 2.42. The molecular formula is C13H19NO2. The number of carbonyl (C=O) groups excluding carboxylic acids is 1. The van der Waals surface area contributed by atoms with Crippen molar-refractivity contribution < 1.29 is 9.53 Å². The van der Waals surface area contributed by atoms with E-state index in [2.05, 4.69) is 26.3 Å². The molecule has 3 nitrogen and oxygen atoms in total. The van der Waals surface area contributed by atoms with E-state index in [1.54, 1.807) is 6.92 Å². The molecule has 1 fully saturated rings. The molecule has 0 saturated heterocycles. The molecular weight excluding hydrogens is 202 g/mol. The van der Waals surface area contributed by atoms with Crippen LogP contribution in [-0.2, 0) is 9.53 Å². The normalized spacial score (nSPS) is 30.8. The molecule has 0 N–H and O–H groups in total. The van der Waals surface area contributed by atoms with Crippen molar-refractivity contribution in [1.29, 1.82) is 5.26 Å². The first-order valence-electron chi connectivity index (χ1n) is 5.84. The van der Waals surface area contributed by atoms with Gasteiger partial charge < -0.3 is 4.74 Å². The van der Waals surface area contributed by atoms with E-state index in [-0.39, 0.29) is 11.9 Å². The van der Waals surface area contributed by atoms with E-state index in [0.717, 1.165) is 12.8 Å². The third kappa shape index (κ3) is 2.55. The molecule has 0 aromatic heterocycles. The van der Waals surface area contributed by atoms with Gasteiger partial charge in [-0.25, -0.2) is 0 Å². The highest BCUT2D eigenvalue weighted by atomic mass is 16.5. The Labute approximate surface area is 97.8 Å². The summed E-state index contributed by atoms with van der Waals surface area (Å²) < 4.78 is 4.93. The highest BCUT2D eigenvalue weighted by molar-refractivity contribution is 5.76. The Hall–Kier alpha value is -1.04. The van der Waals surface area contributed by atoms with Crippen LogP contribution in [0.25, 0.3) is 0 Å². The third-order valence-electron chi connectivity index (χ3n) is 3.50. The number of ether oxygens (including phenoxy) is 1. The average Bonchev–Trinajstić information content (AvgIpc) is 2.62. The highest BCUT2D eigenvalue weighted by Gasteiger charge is 2.40. The summed E-state index contributed by atoms with van der Waals surface area (Å²) in [7, 11) is 0. The van der Waals surface area contributed by atoms with Crippen molar-refractivity contribution in [1.82, 2.24) is 0 Å². The van der Waals surface area contributed by atoms with Crippen LogP contribution in [0.4, 0.5) is 0 Å². The Bertz CT molecular complexity index is 282. The number of hydrogen-bond donors (Lipinski definition) is 0. The fraction of sp³-hybridized carbons (Fsp3) is 0.692. The van der Waals surface area contributed by atoms with Gasteiger partial charge in [-0.15, -0.1) is 0 Å². The minimum Gasteiger partial charge on any atom is -0.465 e. The molecule has 4 unspecified atom stereocenters. The highest BCUT2D eigenvalue weighted by Crippen LogP contribution is 2.41. The first kappa shape index (κ1) is 13.0. The molecule has 4 atom stereocenters. The number of nitriles is 1. The standard InChI is InChI=1S/C13H19NO2/c1-4-10-6-7-11(9(10)3)12(8-14)13(15)16-5-2/h7,9-12H,1,4-6H2,2-3H3. The third-order valence-corrected chi connectivity index (χ3v) is 3.50. The molecule has 0 spiro atoms. The molecule has 0 aromatic rings. The van der Waals surface area contributed by atoms with Gasteiger partial charge in [0.15, 0.2) is 0 Å². The summed E-state index contributed by atoms with van der Waals surface area (Å²) in [6.07, 6.45) is 3.90. The number of carbonyl (C=O) groups is 1. The van der Waals surface area contributed by atoms with E-state index in [0.29, 0.717) is 18.4 Å². The molecule has 2 radical (unpaired) electrons. The lowest BCUT2D eigenvalue weighted by molar-refractivity contribution is -0.147. The molecule has 0 amide bonds. The SMILES string of the molecule is [CH2]CC1C[CH]C(C(C#N)C(=O)OCC)C1C. The van der Waals surface area contributed by atoms with Gasteiger partial charge in [-0.2, -0.15) is 5.26 Å². The predicted molar refractivity (Wildman–Crippen MR) is 60.8 cm³/mol. The fourth-order valence-electron chi connectivity index (χ4n) is 2.42. The van der Waals surface area contributed by atoms with Crippen LogP contribution < -0.4 is 0 Å². The smallest absolute Gasteiger partial charge is 0.323 e. The quantitative estimate of drug-likeness (QED) is 0.685. The van der Waals surface area contributed by atoms with Gasteiger partial charge in [-0.3, -0.25) is 4.79 Å². The number of esters is 1. The number of rotatable bonds is 4. The van der Waals surface area contributed by atoms with Crippen molar-refractivity contribution in [3.8, 4) is 6.07 Å². The zero-order valence-electron chi connectivity index (χ0n) is 9.98. The van der Waals surface area contributed by atoms with Crippen LogP contribution in [0.3, 0.4) is 0 Å². The van der Waals surface area contributed by atoms with E-state index in [4.69, 9.17) is 10.00 Å². The van der Waals surface area contributed by atoms with Crippen LogP contribution in [0, 0.1) is 48.3 Å². The number of hydrogen-bond acceptors (Lipinski definition) is 3. The summed E-state index contributed by atoms with van der Waals surface area (Å²) in [6, 6.07) is 2.08. The molecule has 1 aliphatic carbocycles. The maximum Gasteiger partial charge on any atom is 0.323 e. The lowest BCUT2D eigenvalue weighted by Gasteiger charge is -2.22. The first-order chi connectivity index (χ1) is 7.65. The summed E-state index contributed by atoms with van der Waals surface area (Å²) in [6.45, 7) is 8.08. The molecule has 0 heterocycles. The Balaban J connectivity index is 2.68. The summed E-state index contributed by atoms with van der Waals surface area (Å²) >= 11 is 0. The molecule has 3 heteroatoms. The maximum absolute atomic E-state index is 11.6. The molecule has 1 saturated carbocycles. The van der Waals surface area contributed by atoms with Gasteiger partial charge in [0.1, 0.15) is 5.92 Å². The second kappa shape index (κ2) is 5.89. The molecule has 0 aliphatic heterocycles. The van der Waals surface area contributed by atoms with Crippen LogP contribution in [0.2, 0.25) is 0 Å². The van der Waals surface area contributed by atoms with Crippen LogP contribution in [0.1, 0.15) is 26.7 Å². The van der Waals surface area contributed by atoms with E-state index < -0.39 is 5.92 Å². The minimum absolute atomic E-state index is 0.0239. The number of nitrogens with zero attached hydrogens (tertiary/aromatic N) is 1. The van der Waals surface area contributed by atoms with Crippen LogP contribution >= 0.6 is 0 Å². The summed E-state index contributed by atoms with van der Waals surface area (Å²) in [5, 5.41) is 9.07. The average molecular weight is 221 g/mol. The molecule has 88 valence electrons. The summed E-state index contributed by atoms with van der Waals surface area (Å²) in [5.74, 6) is -0.174. The predicted octanol–water partition coefficient (Wildman–Crippen LogP) is 2.39. The molecule has 0 aromatic carbocycles. The Morgan fingerprint density at radius 1 is 1.75 bits per heavy atom. The first-order valence-corrected chi connectivity index (χ1v) is 5.84. The van der Waals surface area contributed by atoms with Gasteiger partial charge >= 0.3 is 5.97 Å². The van der Waals surface area contributed by atoms with Crippen molar-refractivity contribution in [2.75, 3.05) is 6.61 Å². The van der Waals surface area contributed by atoms with Crippen molar-refractivity contribution >= 4 is 5.97 Å². The Morgan fingerprint density at radius 2 is 2.44 bits per heavy atom. The van der Waals surface area contributed by atoms with Gasteiger partial charge in [0.2, 0.25) is 0 Å². The zero-order valence-corrected chi connectivity index (χ0v) is 9.98. The van der Waals surface area contributed by atoms with Crippen LogP contribution in [-0.4, -0.2) is 12.6 Å². The zero-order chi connectivity index (χ0) is 12.1. The van der Waals surface area contributed by atoms with E-state index >= 15 is 0 Å².